The maximum absolute atomic E-state index is 10.1. The second kappa shape index (κ2) is 15.7. The lowest BCUT2D eigenvalue weighted by Crippen LogP contribution is -2.20. The average molecular weight is 277 g/mol. The zero-order valence-corrected chi connectivity index (χ0v) is 12.9. The predicted molar refractivity (Wildman–Crippen MR) is 84.3 cm³/mol. The summed E-state index contributed by atoms with van der Waals surface area (Å²) in [7, 11) is 0. The molecule has 0 atom stereocenters. The number of carbonyl (C=O) groups is 1. The SMILES string of the molecule is CCCCCCCCCC/C=C/C=C/C=C/CC(=O)[O-]. The molecule has 0 fully saturated rings. The van der Waals surface area contributed by atoms with Gasteiger partial charge in [0.2, 0.25) is 0 Å². The van der Waals surface area contributed by atoms with Crippen molar-refractivity contribution in [1.82, 2.24) is 0 Å². The molecule has 0 N–H and O–H groups in total. The minimum absolute atomic E-state index is 0.0215. The number of aliphatic carboxylic acids is 1. The molecule has 0 aromatic carbocycles. The Hall–Kier alpha value is -1.31. The van der Waals surface area contributed by atoms with Crippen LogP contribution in [-0.4, -0.2) is 5.97 Å². The van der Waals surface area contributed by atoms with Gasteiger partial charge in [0.05, 0.1) is 0 Å². The largest absolute Gasteiger partial charge is 0.550 e. The summed E-state index contributed by atoms with van der Waals surface area (Å²) in [5.41, 5.74) is 0. The molecule has 0 radical (unpaired) electrons. The minimum atomic E-state index is -1.04. The first kappa shape index (κ1) is 18.7. The molecule has 0 unspecified atom stereocenters. The first-order valence-electron chi connectivity index (χ1n) is 7.95. The van der Waals surface area contributed by atoms with Crippen molar-refractivity contribution < 1.29 is 9.90 Å². The Balaban J connectivity index is 3.29. The molecule has 0 aromatic rings. The Morgan fingerprint density at radius 1 is 0.800 bits per heavy atom. The fraction of sp³-hybridized carbons (Fsp3) is 0.611. The smallest absolute Gasteiger partial charge is 0.0452 e. The van der Waals surface area contributed by atoms with Crippen LogP contribution >= 0.6 is 0 Å². The first-order chi connectivity index (χ1) is 9.77. The molecule has 0 heterocycles. The molecule has 0 rings (SSSR count). The van der Waals surface area contributed by atoms with Crippen LogP contribution in [0.3, 0.4) is 0 Å². The number of rotatable bonds is 13. The maximum atomic E-state index is 10.1. The molecule has 114 valence electrons. The molecule has 0 spiro atoms. The summed E-state index contributed by atoms with van der Waals surface area (Å²) in [6.07, 6.45) is 23.2. The van der Waals surface area contributed by atoms with Gasteiger partial charge in [-0.05, 0) is 12.8 Å². The van der Waals surface area contributed by atoms with Crippen molar-refractivity contribution in [2.45, 2.75) is 71.1 Å². The third-order valence-corrected chi connectivity index (χ3v) is 3.11. The maximum Gasteiger partial charge on any atom is 0.0452 e. The zero-order valence-electron chi connectivity index (χ0n) is 12.9. The van der Waals surface area contributed by atoms with Crippen molar-refractivity contribution >= 4 is 5.97 Å². The molecule has 0 aromatic heterocycles. The van der Waals surface area contributed by atoms with Gasteiger partial charge in [0.15, 0.2) is 0 Å². The second-order valence-electron chi connectivity index (χ2n) is 5.08. The molecule has 0 aliphatic heterocycles. The normalized spacial score (nSPS) is 12.1. The molecule has 0 aliphatic carbocycles. The Bertz CT molecular complexity index is 301. The predicted octanol–water partition coefficient (Wildman–Crippen LogP) is 4.33. The van der Waals surface area contributed by atoms with Crippen LogP contribution in [0, 0.1) is 0 Å². The monoisotopic (exact) mass is 277 g/mol. The van der Waals surface area contributed by atoms with Crippen molar-refractivity contribution in [2.75, 3.05) is 0 Å². The van der Waals surface area contributed by atoms with Crippen LogP contribution in [0.2, 0.25) is 0 Å². The van der Waals surface area contributed by atoms with Crippen LogP contribution in [0.15, 0.2) is 36.5 Å². The van der Waals surface area contributed by atoms with Gasteiger partial charge in [-0.15, -0.1) is 0 Å². The van der Waals surface area contributed by atoms with Gasteiger partial charge in [0.25, 0.3) is 0 Å². The third-order valence-electron chi connectivity index (χ3n) is 3.11. The van der Waals surface area contributed by atoms with E-state index in [1.54, 1.807) is 12.2 Å². The van der Waals surface area contributed by atoms with Crippen molar-refractivity contribution in [3.8, 4) is 0 Å². The Morgan fingerprint density at radius 2 is 1.35 bits per heavy atom. The average Bonchev–Trinajstić information content (AvgIpc) is 2.43. The first-order valence-corrected chi connectivity index (χ1v) is 7.95. The summed E-state index contributed by atoms with van der Waals surface area (Å²) in [5.74, 6) is -1.04. The van der Waals surface area contributed by atoms with Crippen LogP contribution in [-0.2, 0) is 4.79 Å². The zero-order chi connectivity index (χ0) is 14.9. The van der Waals surface area contributed by atoms with Gasteiger partial charge < -0.3 is 9.90 Å². The Morgan fingerprint density at radius 3 is 1.95 bits per heavy atom. The number of allylic oxidation sites excluding steroid dienone is 5. The second-order valence-corrected chi connectivity index (χ2v) is 5.08. The van der Waals surface area contributed by atoms with Crippen molar-refractivity contribution in [3.63, 3.8) is 0 Å². The van der Waals surface area contributed by atoms with Gasteiger partial charge >= 0.3 is 0 Å². The lowest BCUT2D eigenvalue weighted by molar-refractivity contribution is -0.304. The van der Waals surface area contributed by atoms with E-state index in [-0.39, 0.29) is 6.42 Å². The van der Waals surface area contributed by atoms with E-state index in [1.165, 1.54) is 51.4 Å². The van der Waals surface area contributed by atoms with Crippen LogP contribution in [0.1, 0.15) is 71.1 Å². The number of carbonyl (C=O) groups excluding carboxylic acids is 1. The summed E-state index contributed by atoms with van der Waals surface area (Å²) in [5, 5.41) is 10.1. The molecule has 0 saturated heterocycles. The number of carboxylic acid groups (broad SMARTS) is 1. The highest BCUT2D eigenvalue weighted by molar-refractivity contribution is 5.66. The minimum Gasteiger partial charge on any atom is -0.550 e. The topological polar surface area (TPSA) is 40.1 Å². The summed E-state index contributed by atoms with van der Waals surface area (Å²) in [6.45, 7) is 2.25. The molecule has 0 aliphatic rings. The Labute approximate surface area is 124 Å². The lowest BCUT2D eigenvalue weighted by atomic mass is 10.1. The van der Waals surface area contributed by atoms with E-state index in [0.717, 1.165) is 6.42 Å². The van der Waals surface area contributed by atoms with Gasteiger partial charge in [-0.2, -0.15) is 0 Å². The Kier molecular flexibility index (Phi) is 14.7. The molecular weight excluding hydrogens is 248 g/mol. The van der Waals surface area contributed by atoms with Crippen LogP contribution in [0.25, 0.3) is 0 Å². The fourth-order valence-corrected chi connectivity index (χ4v) is 1.94. The van der Waals surface area contributed by atoms with Gasteiger partial charge in [0, 0.05) is 12.4 Å². The molecule has 2 heteroatoms. The standard InChI is InChI=1S/C18H30O2/c1-2-3-4-5-6-7-8-9-10-11-12-13-14-15-16-17-18(19)20/h11-16H,2-10,17H2,1H3,(H,19,20)/p-1/b12-11+,14-13+,16-15+. The molecular formula is C18H29O2-. The number of hydrogen-bond acceptors (Lipinski definition) is 2. The lowest BCUT2D eigenvalue weighted by Gasteiger charge is -1.99. The van der Waals surface area contributed by atoms with E-state index in [0.29, 0.717) is 0 Å². The van der Waals surface area contributed by atoms with Gasteiger partial charge in [-0.25, -0.2) is 0 Å². The van der Waals surface area contributed by atoms with E-state index < -0.39 is 5.97 Å². The van der Waals surface area contributed by atoms with Crippen molar-refractivity contribution in [3.05, 3.63) is 36.5 Å². The van der Waals surface area contributed by atoms with E-state index in [1.807, 2.05) is 18.2 Å². The number of unbranched alkanes of at least 4 members (excludes halogenated alkanes) is 8. The molecule has 20 heavy (non-hydrogen) atoms. The van der Waals surface area contributed by atoms with Crippen LogP contribution in [0.5, 0.6) is 0 Å². The molecule has 2 nitrogen and oxygen atoms in total. The number of carboxylic acids is 1. The van der Waals surface area contributed by atoms with E-state index in [2.05, 4.69) is 13.0 Å². The summed E-state index contributed by atoms with van der Waals surface area (Å²) in [6, 6.07) is 0. The fourth-order valence-electron chi connectivity index (χ4n) is 1.94. The third kappa shape index (κ3) is 16.7. The highest BCUT2D eigenvalue weighted by atomic mass is 16.4. The summed E-state index contributed by atoms with van der Waals surface area (Å²) >= 11 is 0. The molecule has 0 bridgehead atoms. The van der Waals surface area contributed by atoms with Gasteiger partial charge in [-0.3, -0.25) is 0 Å². The quantitative estimate of drug-likeness (QED) is 0.371. The van der Waals surface area contributed by atoms with Gasteiger partial charge in [-0.1, -0.05) is 88.3 Å². The molecule has 0 amide bonds. The van der Waals surface area contributed by atoms with Crippen LogP contribution in [0.4, 0.5) is 0 Å². The highest BCUT2D eigenvalue weighted by Crippen LogP contribution is 2.09. The van der Waals surface area contributed by atoms with E-state index >= 15 is 0 Å². The summed E-state index contributed by atoms with van der Waals surface area (Å²) < 4.78 is 0. The van der Waals surface area contributed by atoms with E-state index in [4.69, 9.17) is 0 Å². The number of hydrogen-bond donors (Lipinski definition) is 0. The van der Waals surface area contributed by atoms with Crippen LogP contribution < -0.4 is 5.11 Å². The van der Waals surface area contributed by atoms with Crippen molar-refractivity contribution in [1.29, 1.82) is 0 Å². The van der Waals surface area contributed by atoms with Gasteiger partial charge in [0.1, 0.15) is 0 Å². The molecule has 0 saturated carbocycles. The highest BCUT2D eigenvalue weighted by Gasteiger charge is 1.89. The van der Waals surface area contributed by atoms with E-state index in [9.17, 15) is 9.90 Å². The van der Waals surface area contributed by atoms with Crippen molar-refractivity contribution in [2.24, 2.45) is 0 Å². The summed E-state index contributed by atoms with van der Waals surface area (Å²) in [4.78, 5) is 10.1.